The molecule has 0 saturated heterocycles. The van der Waals surface area contributed by atoms with Gasteiger partial charge >= 0.3 is 6.09 Å². The lowest BCUT2D eigenvalue weighted by Gasteiger charge is -2.04. The summed E-state index contributed by atoms with van der Waals surface area (Å²) in [6, 6.07) is 0. The third kappa shape index (κ3) is 5.34. The topological polar surface area (TPSA) is 49.3 Å². The zero-order valence-corrected chi connectivity index (χ0v) is 5.93. The second-order valence-corrected chi connectivity index (χ2v) is 2.28. The highest BCUT2D eigenvalue weighted by Gasteiger charge is 2.00. The van der Waals surface area contributed by atoms with Gasteiger partial charge in [-0.15, -0.1) is 0 Å². The van der Waals surface area contributed by atoms with Crippen LogP contribution in [0.2, 0.25) is 0 Å². The average molecular weight is 149 g/mol. The Bertz CT molecular complexity index is 108. The lowest BCUT2D eigenvalue weighted by Crippen LogP contribution is -2.23. The van der Waals surface area contributed by atoms with E-state index in [1.165, 1.54) is 0 Å². The molecule has 3 nitrogen and oxygen atoms in total. The van der Waals surface area contributed by atoms with E-state index in [1.54, 1.807) is 6.92 Å². The van der Waals surface area contributed by atoms with Crippen LogP contribution < -0.4 is 5.32 Å². The van der Waals surface area contributed by atoms with Gasteiger partial charge in [-0.3, -0.25) is 4.39 Å². The van der Waals surface area contributed by atoms with E-state index in [-0.39, 0.29) is 12.6 Å². The molecule has 2 N–H and O–H groups in total. The molecule has 1 amide bonds. The third-order valence-corrected chi connectivity index (χ3v) is 1.18. The highest BCUT2D eigenvalue weighted by molar-refractivity contribution is 5.64. The molecule has 0 aromatic carbocycles. The number of hydrogen-bond donors (Lipinski definition) is 2. The van der Waals surface area contributed by atoms with Crippen LogP contribution in [0.1, 0.15) is 13.3 Å². The van der Waals surface area contributed by atoms with Gasteiger partial charge in [0.2, 0.25) is 0 Å². The fraction of sp³-hybridized carbons (Fsp3) is 0.833. The molecule has 0 fully saturated rings. The minimum atomic E-state index is -1.05. The molecule has 0 spiro atoms. The van der Waals surface area contributed by atoms with Crippen LogP contribution in [0.15, 0.2) is 0 Å². The summed E-state index contributed by atoms with van der Waals surface area (Å²) in [5, 5.41) is 10.3. The van der Waals surface area contributed by atoms with Crippen molar-refractivity contribution in [2.45, 2.75) is 13.3 Å². The van der Waals surface area contributed by atoms with Crippen LogP contribution in [0.5, 0.6) is 0 Å². The van der Waals surface area contributed by atoms with Crippen molar-refractivity contribution in [3.05, 3.63) is 0 Å². The maximum absolute atomic E-state index is 11.7. The maximum Gasteiger partial charge on any atom is 0.404 e. The quantitative estimate of drug-likeness (QED) is 0.632. The van der Waals surface area contributed by atoms with Gasteiger partial charge in [0.25, 0.3) is 0 Å². The van der Waals surface area contributed by atoms with Gasteiger partial charge in [-0.2, -0.15) is 0 Å². The number of carboxylic acid groups (broad SMARTS) is 1. The molecule has 1 unspecified atom stereocenters. The van der Waals surface area contributed by atoms with Crippen molar-refractivity contribution in [1.82, 2.24) is 5.32 Å². The Balaban J connectivity index is 3.11. The second kappa shape index (κ2) is 5.02. The first kappa shape index (κ1) is 9.20. The van der Waals surface area contributed by atoms with Crippen molar-refractivity contribution >= 4 is 6.09 Å². The van der Waals surface area contributed by atoms with Crippen LogP contribution in [0.3, 0.4) is 0 Å². The molecule has 0 aliphatic heterocycles. The lowest BCUT2D eigenvalue weighted by molar-refractivity contribution is 0.193. The Hall–Kier alpha value is -0.800. The van der Waals surface area contributed by atoms with E-state index in [2.05, 4.69) is 5.32 Å². The summed E-state index contributed by atoms with van der Waals surface area (Å²) in [5.74, 6) is -0.0492. The SMILES string of the molecule is CC(CF)CCNC(=O)O. The maximum atomic E-state index is 11.7. The highest BCUT2D eigenvalue weighted by atomic mass is 19.1. The number of amides is 1. The first-order valence-electron chi connectivity index (χ1n) is 3.19. The van der Waals surface area contributed by atoms with E-state index < -0.39 is 6.09 Å². The van der Waals surface area contributed by atoms with E-state index in [1.807, 2.05) is 0 Å². The second-order valence-electron chi connectivity index (χ2n) is 2.28. The van der Waals surface area contributed by atoms with E-state index in [4.69, 9.17) is 5.11 Å². The van der Waals surface area contributed by atoms with Gasteiger partial charge < -0.3 is 10.4 Å². The predicted octanol–water partition coefficient (Wildman–Crippen LogP) is 1.25. The number of nitrogens with one attached hydrogen (secondary N) is 1. The number of hydrogen-bond acceptors (Lipinski definition) is 1. The van der Waals surface area contributed by atoms with Crippen molar-refractivity contribution in [1.29, 1.82) is 0 Å². The molecule has 0 aromatic rings. The average Bonchev–Trinajstić information content (AvgIpc) is 1.87. The molecular weight excluding hydrogens is 137 g/mol. The molecule has 1 atom stereocenters. The largest absolute Gasteiger partial charge is 0.465 e. The summed E-state index contributed by atoms with van der Waals surface area (Å²) < 4.78 is 11.7. The number of alkyl halides is 1. The van der Waals surface area contributed by atoms with E-state index in [9.17, 15) is 9.18 Å². The summed E-state index contributed by atoms with van der Waals surface area (Å²) in [7, 11) is 0. The molecule has 10 heavy (non-hydrogen) atoms. The van der Waals surface area contributed by atoms with Crippen LogP contribution in [0, 0.1) is 5.92 Å². The Morgan fingerprint density at radius 3 is 2.80 bits per heavy atom. The number of halogens is 1. The molecule has 0 aliphatic carbocycles. The lowest BCUT2D eigenvalue weighted by atomic mass is 10.1. The van der Waals surface area contributed by atoms with E-state index in [0.717, 1.165) is 0 Å². The zero-order chi connectivity index (χ0) is 7.98. The van der Waals surface area contributed by atoms with E-state index in [0.29, 0.717) is 13.0 Å². The number of rotatable bonds is 4. The van der Waals surface area contributed by atoms with Gasteiger partial charge in [-0.05, 0) is 12.3 Å². The van der Waals surface area contributed by atoms with Crippen LogP contribution in [-0.2, 0) is 0 Å². The molecule has 0 radical (unpaired) electrons. The van der Waals surface area contributed by atoms with Crippen molar-refractivity contribution in [3.63, 3.8) is 0 Å². The fourth-order valence-electron chi connectivity index (χ4n) is 0.503. The van der Waals surface area contributed by atoms with Crippen molar-refractivity contribution in [2.75, 3.05) is 13.2 Å². The van der Waals surface area contributed by atoms with Gasteiger partial charge in [0.05, 0.1) is 6.67 Å². The molecule has 0 bridgehead atoms. The van der Waals surface area contributed by atoms with Gasteiger partial charge in [0.15, 0.2) is 0 Å². The van der Waals surface area contributed by atoms with Crippen molar-refractivity contribution < 1.29 is 14.3 Å². The first-order chi connectivity index (χ1) is 4.66. The van der Waals surface area contributed by atoms with Gasteiger partial charge in [-0.25, -0.2) is 4.79 Å². The fourth-order valence-corrected chi connectivity index (χ4v) is 0.503. The first-order valence-corrected chi connectivity index (χ1v) is 3.19. The minimum absolute atomic E-state index is 0.0492. The third-order valence-electron chi connectivity index (χ3n) is 1.18. The summed E-state index contributed by atoms with van der Waals surface area (Å²) in [6.07, 6.45) is -0.492. The highest BCUT2D eigenvalue weighted by Crippen LogP contribution is 1.99. The molecular formula is C6H12FNO2. The molecule has 4 heteroatoms. The molecule has 0 aliphatic rings. The Labute approximate surface area is 59.2 Å². The summed E-state index contributed by atoms with van der Waals surface area (Å²) >= 11 is 0. The predicted molar refractivity (Wildman–Crippen MR) is 35.8 cm³/mol. The molecule has 60 valence electrons. The standard InChI is InChI=1S/C6H12FNO2/c1-5(4-7)2-3-8-6(9)10/h5,8H,2-4H2,1H3,(H,9,10). The summed E-state index contributed by atoms with van der Waals surface area (Å²) in [5.41, 5.74) is 0. The molecule has 0 aromatic heterocycles. The van der Waals surface area contributed by atoms with Crippen LogP contribution >= 0.6 is 0 Å². The van der Waals surface area contributed by atoms with Crippen LogP contribution in [0.4, 0.5) is 9.18 Å². The van der Waals surface area contributed by atoms with Crippen LogP contribution in [-0.4, -0.2) is 24.4 Å². The summed E-state index contributed by atoms with van der Waals surface area (Å²) in [4.78, 5) is 9.86. The molecule has 0 saturated carbocycles. The van der Waals surface area contributed by atoms with Gasteiger partial charge in [0.1, 0.15) is 0 Å². The zero-order valence-electron chi connectivity index (χ0n) is 5.93. The monoisotopic (exact) mass is 149 g/mol. The number of carbonyl (C=O) groups is 1. The van der Waals surface area contributed by atoms with Gasteiger partial charge in [-0.1, -0.05) is 6.92 Å². The Morgan fingerprint density at radius 1 is 1.80 bits per heavy atom. The summed E-state index contributed by atoms with van der Waals surface area (Å²) in [6.45, 7) is 1.69. The molecule has 0 rings (SSSR count). The Morgan fingerprint density at radius 2 is 2.40 bits per heavy atom. The van der Waals surface area contributed by atoms with Crippen LogP contribution in [0.25, 0.3) is 0 Å². The smallest absolute Gasteiger partial charge is 0.404 e. The van der Waals surface area contributed by atoms with E-state index >= 15 is 0 Å². The molecule has 0 heterocycles. The van der Waals surface area contributed by atoms with Crippen molar-refractivity contribution in [2.24, 2.45) is 5.92 Å². The minimum Gasteiger partial charge on any atom is -0.465 e. The Kier molecular flexibility index (Phi) is 4.62. The normalized spacial score (nSPS) is 12.6. The van der Waals surface area contributed by atoms with Crippen molar-refractivity contribution in [3.8, 4) is 0 Å². The van der Waals surface area contributed by atoms with Gasteiger partial charge in [0, 0.05) is 6.54 Å².